The molecule has 0 saturated carbocycles. The van der Waals surface area contributed by atoms with Crippen molar-refractivity contribution in [2.75, 3.05) is 57.8 Å². The van der Waals surface area contributed by atoms with Gasteiger partial charge >= 0.3 is 0 Å². The average molecular weight is 511 g/mol. The number of benzene rings is 3. The van der Waals surface area contributed by atoms with E-state index in [9.17, 15) is 9.59 Å². The van der Waals surface area contributed by atoms with Crippen molar-refractivity contribution in [1.82, 2.24) is 14.4 Å². The van der Waals surface area contributed by atoms with Gasteiger partial charge < -0.3 is 29.2 Å². The van der Waals surface area contributed by atoms with Gasteiger partial charge in [0.2, 0.25) is 5.43 Å². The zero-order chi connectivity index (χ0) is 25.6. The van der Waals surface area contributed by atoms with E-state index in [1.165, 1.54) is 12.8 Å². The van der Waals surface area contributed by atoms with Crippen molar-refractivity contribution in [3.8, 4) is 17.2 Å². The van der Waals surface area contributed by atoms with E-state index in [1.807, 2.05) is 47.0 Å². The number of carbonyl (C=O) groups excluding carboxylic acids is 1. The third-order valence-electron chi connectivity index (χ3n) is 7.91. The number of rotatable bonds is 5. The highest BCUT2D eigenvalue weighted by molar-refractivity contribution is 6.03. The van der Waals surface area contributed by atoms with Gasteiger partial charge in [0.05, 0.1) is 30.0 Å². The molecule has 0 atom stereocenters. The fourth-order valence-electron chi connectivity index (χ4n) is 5.93. The van der Waals surface area contributed by atoms with Gasteiger partial charge in [-0.1, -0.05) is 30.3 Å². The van der Waals surface area contributed by atoms with E-state index in [0.29, 0.717) is 48.7 Å². The number of likely N-dealkylation sites (tertiary alicyclic amines) is 1. The van der Waals surface area contributed by atoms with E-state index in [2.05, 4.69) is 16.3 Å². The highest BCUT2D eigenvalue weighted by atomic mass is 16.5. The van der Waals surface area contributed by atoms with Crippen molar-refractivity contribution in [2.24, 2.45) is 0 Å². The number of aromatic nitrogens is 1. The normalized spacial score (nSPS) is 17.0. The van der Waals surface area contributed by atoms with Crippen LogP contribution >= 0.6 is 0 Å². The molecule has 0 spiro atoms. The molecule has 2 saturated heterocycles. The van der Waals surface area contributed by atoms with E-state index in [-0.39, 0.29) is 16.9 Å². The standard InChI is InChI=1S/C30H30N4O4/c35-28-22-8-9-24(31-11-14-32-12-3-4-13-32)29-27(22)34(19-23(28)30(36)33-15-17-37-18-16-33)26-21-6-2-1-5-20(21)7-10-25(26)38-29/h1-2,5-10,19,31H,3-4,11-18H2. The summed E-state index contributed by atoms with van der Waals surface area (Å²) in [7, 11) is 0. The Bertz CT molecular complexity index is 1620. The van der Waals surface area contributed by atoms with Crippen LogP contribution in [-0.4, -0.2) is 72.8 Å². The average Bonchev–Trinajstić information content (AvgIpc) is 3.48. The Morgan fingerprint density at radius 2 is 1.74 bits per heavy atom. The number of nitrogens with zero attached hydrogens (tertiary/aromatic N) is 3. The minimum Gasteiger partial charge on any atom is -0.451 e. The summed E-state index contributed by atoms with van der Waals surface area (Å²) in [4.78, 5) is 31.5. The number of ether oxygens (including phenoxy) is 2. The lowest BCUT2D eigenvalue weighted by Gasteiger charge is -2.29. The maximum absolute atomic E-state index is 13.8. The predicted molar refractivity (Wildman–Crippen MR) is 148 cm³/mol. The highest BCUT2D eigenvalue weighted by Gasteiger charge is 2.29. The maximum Gasteiger partial charge on any atom is 0.259 e. The van der Waals surface area contributed by atoms with Gasteiger partial charge in [0.25, 0.3) is 5.91 Å². The number of carbonyl (C=O) groups is 1. The number of nitrogens with one attached hydrogen (secondary N) is 1. The van der Waals surface area contributed by atoms with Crippen molar-refractivity contribution in [3.05, 3.63) is 70.5 Å². The monoisotopic (exact) mass is 510 g/mol. The Morgan fingerprint density at radius 3 is 2.58 bits per heavy atom. The molecule has 1 N–H and O–H groups in total. The summed E-state index contributed by atoms with van der Waals surface area (Å²) in [5.41, 5.74) is 2.26. The van der Waals surface area contributed by atoms with Crippen LogP contribution in [0.2, 0.25) is 0 Å². The largest absolute Gasteiger partial charge is 0.451 e. The highest BCUT2D eigenvalue weighted by Crippen LogP contribution is 2.46. The molecule has 0 unspecified atom stereocenters. The summed E-state index contributed by atoms with van der Waals surface area (Å²) in [6.07, 6.45) is 4.23. The third kappa shape index (κ3) is 3.83. The Labute approximate surface area is 220 Å². The van der Waals surface area contributed by atoms with Gasteiger partial charge in [-0.2, -0.15) is 0 Å². The Morgan fingerprint density at radius 1 is 0.921 bits per heavy atom. The second kappa shape index (κ2) is 9.45. The fraction of sp³-hybridized carbons (Fsp3) is 0.333. The molecule has 7 rings (SSSR count). The van der Waals surface area contributed by atoms with Gasteiger partial charge in [0.1, 0.15) is 11.1 Å². The molecule has 4 aromatic rings. The van der Waals surface area contributed by atoms with E-state index in [0.717, 1.165) is 48.3 Å². The molecule has 38 heavy (non-hydrogen) atoms. The number of amides is 1. The second-order valence-electron chi connectivity index (χ2n) is 10.2. The van der Waals surface area contributed by atoms with Gasteiger partial charge in [-0.25, -0.2) is 0 Å². The zero-order valence-corrected chi connectivity index (χ0v) is 21.2. The molecule has 1 aromatic heterocycles. The third-order valence-corrected chi connectivity index (χ3v) is 7.91. The molecule has 8 heteroatoms. The zero-order valence-electron chi connectivity index (χ0n) is 21.2. The van der Waals surface area contributed by atoms with Crippen LogP contribution in [0.15, 0.2) is 59.5 Å². The SMILES string of the molecule is O=C(c1cn2c3c(c(NCCN4CCCC4)ccc3c1=O)Oc1ccc3ccccc3c1-2)N1CCOCC1. The molecule has 1 amide bonds. The summed E-state index contributed by atoms with van der Waals surface area (Å²) in [6.45, 7) is 5.93. The first-order valence-electron chi connectivity index (χ1n) is 13.4. The molecule has 4 heterocycles. The molecule has 0 aliphatic carbocycles. The fourth-order valence-corrected chi connectivity index (χ4v) is 5.93. The van der Waals surface area contributed by atoms with Crippen LogP contribution in [0.4, 0.5) is 5.69 Å². The van der Waals surface area contributed by atoms with Gasteiger partial charge in [-0.3, -0.25) is 9.59 Å². The first-order valence-corrected chi connectivity index (χ1v) is 13.4. The second-order valence-corrected chi connectivity index (χ2v) is 10.2. The van der Waals surface area contributed by atoms with Gasteiger partial charge in [-0.15, -0.1) is 0 Å². The van der Waals surface area contributed by atoms with Crippen LogP contribution in [0.1, 0.15) is 23.2 Å². The van der Waals surface area contributed by atoms with Crippen LogP contribution in [0.25, 0.3) is 27.4 Å². The molecule has 2 fully saturated rings. The van der Waals surface area contributed by atoms with Crippen LogP contribution in [0.5, 0.6) is 11.5 Å². The summed E-state index contributed by atoms with van der Waals surface area (Å²) in [5.74, 6) is 1.06. The maximum atomic E-state index is 13.8. The summed E-state index contributed by atoms with van der Waals surface area (Å²) in [5, 5.41) is 6.08. The molecule has 0 bridgehead atoms. The number of morpholine rings is 1. The molecule has 3 aromatic carbocycles. The smallest absolute Gasteiger partial charge is 0.259 e. The molecular formula is C30H30N4O4. The van der Waals surface area contributed by atoms with Crippen molar-refractivity contribution < 1.29 is 14.3 Å². The molecule has 3 aliphatic heterocycles. The van der Waals surface area contributed by atoms with Gasteiger partial charge in [0.15, 0.2) is 11.5 Å². The van der Waals surface area contributed by atoms with Crippen molar-refractivity contribution in [2.45, 2.75) is 12.8 Å². The Kier molecular flexibility index (Phi) is 5.78. The molecule has 194 valence electrons. The minimum absolute atomic E-state index is 0.167. The van der Waals surface area contributed by atoms with E-state index >= 15 is 0 Å². The molecule has 3 aliphatic rings. The van der Waals surface area contributed by atoms with E-state index in [1.54, 1.807) is 11.1 Å². The number of anilines is 1. The molecule has 8 nitrogen and oxygen atoms in total. The van der Waals surface area contributed by atoms with E-state index in [4.69, 9.17) is 9.47 Å². The van der Waals surface area contributed by atoms with Crippen molar-refractivity contribution in [3.63, 3.8) is 0 Å². The lowest BCUT2D eigenvalue weighted by Crippen LogP contribution is -2.42. The number of pyridine rings is 1. The topological polar surface area (TPSA) is 76.0 Å². The molecule has 0 radical (unpaired) electrons. The number of hydrogen-bond acceptors (Lipinski definition) is 6. The van der Waals surface area contributed by atoms with Crippen molar-refractivity contribution in [1.29, 1.82) is 0 Å². The first-order chi connectivity index (χ1) is 18.7. The number of hydrogen-bond donors (Lipinski definition) is 1. The summed E-state index contributed by atoms with van der Waals surface area (Å²) < 4.78 is 14.0. The quantitative estimate of drug-likeness (QED) is 0.382. The summed E-state index contributed by atoms with van der Waals surface area (Å²) >= 11 is 0. The van der Waals surface area contributed by atoms with Crippen LogP contribution in [0.3, 0.4) is 0 Å². The number of fused-ring (bicyclic) bond motifs is 4. The van der Waals surface area contributed by atoms with Gasteiger partial charge in [-0.05, 0) is 49.5 Å². The first kappa shape index (κ1) is 23.3. The molecular weight excluding hydrogens is 480 g/mol. The lowest BCUT2D eigenvalue weighted by atomic mass is 10.0. The minimum atomic E-state index is -0.273. The summed E-state index contributed by atoms with van der Waals surface area (Å²) in [6, 6.07) is 15.8. The lowest BCUT2D eigenvalue weighted by molar-refractivity contribution is 0.0302. The Balaban J connectivity index is 1.40. The van der Waals surface area contributed by atoms with Crippen LogP contribution in [0, 0.1) is 0 Å². The predicted octanol–water partition coefficient (Wildman–Crippen LogP) is 4.23. The van der Waals surface area contributed by atoms with E-state index < -0.39 is 0 Å². The van der Waals surface area contributed by atoms with Crippen LogP contribution in [-0.2, 0) is 4.74 Å². The Hall–Kier alpha value is -3.88. The van der Waals surface area contributed by atoms with Crippen molar-refractivity contribution >= 4 is 33.3 Å². The van der Waals surface area contributed by atoms with Crippen LogP contribution < -0.4 is 15.5 Å². The van der Waals surface area contributed by atoms with Gasteiger partial charge in [0, 0.05) is 37.8 Å².